The first-order valence-electron chi connectivity index (χ1n) is 6.61. The number of benzene rings is 1. The van der Waals surface area contributed by atoms with Gasteiger partial charge in [-0.3, -0.25) is 9.78 Å². The van der Waals surface area contributed by atoms with E-state index in [-0.39, 0.29) is 5.78 Å². The summed E-state index contributed by atoms with van der Waals surface area (Å²) in [6.07, 6.45) is 5.82. The van der Waals surface area contributed by atoms with E-state index < -0.39 is 0 Å². The van der Waals surface area contributed by atoms with Gasteiger partial charge < -0.3 is 4.74 Å². The van der Waals surface area contributed by atoms with Crippen LogP contribution in [0.25, 0.3) is 0 Å². The number of nitrogens with zero attached hydrogens (tertiary/aromatic N) is 1. The third kappa shape index (κ3) is 2.68. The van der Waals surface area contributed by atoms with Crippen molar-refractivity contribution in [1.82, 2.24) is 4.98 Å². The molecule has 0 atom stereocenters. The predicted molar refractivity (Wildman–Crippen MR) is 77.3 cm³/mol. The van der Waals surface area contributed by atoms with Crippen LogP contribution in [0.2, 0.25) is 5.02 Å². The van der Waals surface area contributed by atoms with Crippen LogP contribution >= 0.6 is 11.6 Å². The Hall–Kier alpha value is -1.87. The van der Waals surface area contributed by atoms with Crippen LogP contribution in [-0.4, -0.2) is 10.8 Å². The minimum atomic E-state index is 0.207. The SMILES string of the molecule is O=C1CCCc2ccc(OCc3ccncc3Cl)cc21. The van der Waals surface area contributed by atoms with Gasteiger partial charge >= 0.3 is 0 Å². The lowest BCUT2D eigenvalue weighted by Gasteiger charge is -2.16. The summed E-state index contributed by atoms with van der Waals surface area (Å²) in [6.45, 7) is 0.369. The lowest BCUT2D eigenvalue weighted by Crippen LogP contribution is -2.10. The zero-order valence-electron chi connectivity index (χ0n) is 10.9. The molecule has 0 fully saturated rings. The highest BCUT2D eigenvalue weighted by Crippen LogP contribution is 2.26. The number of ether oxygens (including phenoxy) is 1. The number of ketones is 1. The molecule has 1 aromatic carbocycles. The van der Waals surface area contributed by atoms with E-state index in [9.17, 15) is 4.79 Å². The average Bonchev–Trinajstić information content (AvgIpc) is 2.47. The highest BCUT2D eigenvalue weighted by atomic mass is 35.5. The monoisotopic (exact) mass is 287 g/mol. The molecule has 0 amide bonds. The Labute approximate surface area is 122 Å². The second-order valence-electron chi connectivity index (χ2n) is 4.85. The van der Waals surface area contributed by atoms with Gasteiger partial charge in [-0.15, -0.1) is 0 Å². The lowest BCUT2D eigenvalue weighted by atomic mass is 9.90. The van der Waals surface area contributed by atoms with Gasteiger partial charge in [0.25, 0.3) is 0 Å². The van der Waals surface area contributed by atoms with Crippen LogP contribution in [0, 0.1) is 0 Å². The number of aryl methyl sites for hydroxylation is 1. The van der Waals surface area contributed by atoms with Crippen LogP contribution in [0.1, 0.15) is 34.3 Å². The van der Waals surface area contributed by atoms with E-state index in [1.54, 1.807) is 12.4 Å². The number of aromatic nitrogens is 1. The molecule has 0 bridgehead atoms. The van der Waals surface area contributed by atoms with Gasteiger partial charge in [0.2, 0.25) is 0 Å². The van der Waals surface area contributed by atoms with Crippen molar-refractivity contribution in [1.29, 1.82) is 0 Å². The van der Waals surface area contributed by atoms with Crippen LogP contribution < -0.4 is 4.74 Å². The smallest absolute Gasteiger partial charge is 0.163 e. The Bertz CT molecular complexity index is 655. The molecular weight excluding hydrogens is 274 g/mol. The number of fused-ring (bicyclic) bond motifs is 1. The summed E-state index contributed by atoms with van der Waals surface area (Å²) in [7, 11) is 0. The molecule has 0 saturated carbocycles. The van der Waals surface area contributed by atoms with Crippen LogP contribution in [0.3, 0.4) is 0 Å². The molecule has 1 aliphatic carbocycles. The summed E-state index contributed by atoms with van der Waals surface area (Å²) in [5, 5.41) is 0.585. The van der Waals surface area contributed by atoms with Gasteiger partial charge in [0.15, 0.2) is 5.78 Å². The quantitative estimate of drug-likeness (QED) is 0.861. The highest BCUT2D eigenvalue weighted by Gasteiger charge is 2.17. The van der Waals surface area contributed by atoms with E-state index in [2.05, 4.69) is 4.98 Å². The minimum absolute atomic E-state index is 0.207. The molecule has 0 aliphatic heterocycles. The van der Waals surface area contributed by atoms with E-state index in [0.717, 1.165) is 29.5 Å². The topological polar surface area (TPSA) is 39.2 Å². The van der Waals surface area contributed by atoms with Crippen LogP contribution in [-0.2, 0) is 13.0 Å². The molecule has 0 N–H and O–H groups in total. The van der Waals surface area contributed by atoms with Crippen LogP contribution in [0.4, 0.5) is 0 Å². The van der Waals surface area contributed by atoms with Gasteiger partial charge in [-0.1, -0.05) is 17.7 Å². The number of carbonyl (C=O) groups is 1. The van der Waals surface area contributed by atoms with Crippen molar-refractivity contribution in [2.75, 3.05) is 0 Å². The third-order valence-electron chi connectivity index (χ3n) is 3.48. The number of pyridine rings is 1. The van der Waals surface area contributed by atoms with Gasteiger partial charge in [-0.25, -0.2) is 0 Å². The van der Waals surface area contributed by atoms with E-state index in [1.807, 2.05) is 24.3 Å². The first-order chi connectivity index (χ1) is 9.74. The summed E-state index contributed by atoms with van der Waals surface area (Å²) < 4.78 is 5.72. The maximum absolute atomic E-state index is 11.9. The predicted octanol–water partition coefficient (Wildman–Crippen LogP) is 3.83. The van der Waals surface area contributed by atoms with Gasteiger partial charge in [-0.05, 0) is 36.6 Å². The molecule has 1 aromatic heterocycles. The third-order valence-corrected chi connectivity index (χ3v) is 3.82. The van der Waals surface area contributed by atoms with Gasteiger partial charge in [-0.2, -0.15) is 0 Å². The molecule has 3 rings (SSSR count). The number of halogens is 1. The molecule has 4 heteroatoms. The maximum Gasteiger partial charge on any atom is 0.163 e. The lowest BCUT2D eigenvalue weighted by molar-refractivity contribution is 0.0972. The minimum Gasteiger partial charge on any atom is -0.489 e. The number of hydrogen-bond acceptors (Lipinski definition) is 3. The van der Waals surface area contributed by atoms with Gasteiger partial charge in [0, 0.05) is 29.9 Å². The summed E-state index contributed by atoms with van der Waals surface area (Å²) in [5.74, 6) is 0.908. The summed E-state index contributed by atoms with van der Waals surface area (Å²) in [5.41, 5.74) is 2.80. The molecule has 20 heavy (non-hydrogen) atoms. The summed E-state index contributed by atoms with van der Waals surface area (Å²) in [6, 6.07) is 7.56. The molecular formula is C16H14ClNO2. The molecule has 2 aromatic rings. The Kier molecular flexibility index (Phi) is 3.70. The number of hydrogen-bond donors (Lipinski definition) is 0. The van der Waals surface area contributed by atoms with E-state index in [1.165, 1.54) is 0 Å². The van der Waals surface area contributed by atoms with E-state index >= 15 is 0 Å². The zero-order chi connectivity index (χ0) is 13.9. The van der Waals surface area contributed by atoms with Crippen molar-refractivity contribution < 1.29 is 9.53 Å². The first kappa shape index (κ1) is 13.1. The van der Waals surface area contributed by atoms with Crippen molar-refractivity contribution in [3.8, 4) is 5.75 Å². The van der Waals surface area contributed by atoms with Crippen molar-refractivity contribution in [2.45, 2.75) is 25.9 Å². The molecule has 1 aliphatic rings. The molecule has 1 heterocycles. The fraction of sp³-hybridized carbons (Fsp3) is 0.250. The van der Waals surface area contributed by atoms with Crippen molar-refractivity contribution in [2.24, 2.45) is 0 Å². The van der Waals surface area contributed by atoms with Crippen molar-refractivity contribution in [3.63, 3.8) is 0 Å². The molecule has 0 radical (unpaired) electrons. The second-order valence-corrected chi connectivity index (χ2v) is 5.26. The number of rotatable bonds is 3. The Morgan fingerprint density at radius 2 is 2.15 bits per heavy atom. The largest absolute Gasteiger partial charge is 0.489 e. The van der Waals surface area contributed by atoms with Crippen molar-refractivity contribution in [3.05, 3.63) is 58.4 Å². The van der Waals surface area contributed by atoms with Crippen molar-refractivity contribution >= 4 is 17.4 Å². The molecule has 3 nitrogen and oxygen atoms in total. The summed E-state index contributed by atoms with van der Waals surface area (Å²) >= 11 is 6.03. The molecule has 0 spiro atoms. The maximum atomic E-state index is 11.9. The highest BCUT2D eigenvalue weighted by molar-refractivity contribution is 6.31. The van der Waals surface area contributed by atoms with Crippen LogP contribution in [0.15, 0.2) is 36.7 Å². The Morgan fingerprint density at radius 3 is 3.00 bits per heavy atom. The van der Waals surface area contributed by atoms with Gasteiger partial charge in [0.05, 0.1) is 5.02 Å². The van der Waals surface area contributed by atoms with Gasteiger partial charge in [0.1, 0.15) is 12.4 Å². The molecule has 0 unspecified atom stereocenters. The molecule has 102 valence electrons. The summed E-state index contributed by atoms with van der Waals surface area (Å²) in [4.78, 5) is 15.8. The standard InChI is InChI=1S/C16H14ClNO2/c17-15-9-18-7-6-12(15)10-20-13-5-4-11-2-1-3-16(19)14(11)8-13/h4-9H,1-3,10H2. The fourth-order valence-corrected chi connectivity index (χ4v) is 2.55. The average molecular weight is 288 g/mol. The Morgan fingerprint density at radius 1 is 1.25 bits per heavy atom. The molecule has 0 saturated heterocycles. The van der Waals surface area contributed by atoms with E-state index in [0.29, 0.717) is 23.8 Å². The number of carbonyl (C=O) groups excluding carboxylic acids is 1. The van der Waals surface area contributed by atoms with E-state index in [4.69, 9.17) is 16.3 Å². The first-order valence-corrected chi connectivity index (χ1v) is 6.99. The fourth-order valence-electron chi connectivity index (χ4n) is 2.38. The Balaban J connectivity index is 1.77. The van der Waals surface area contributed by atoms with Crippen LogP contribution in [0.5, 0.6) is 5.75 Å². The number of Topliss-reactive ketones (excluding diaryl/α,β-unsaturated/α-hetero) is 1. The zero-order valence-corrected chi connectivity index (χ0v) is 11.7. The second kappa shape index (κ2) is 5.63. The normalized spacial score (nSPS) is 13.9.